The Hall–Kier alpha value is -0.0800. The van der Waals surface area contributed by atoms with E-state index in [4.69, 9.17) is 10.5 Å². The van der Waals surface area contributed by atoms with Gasteiger partial charge in [0.25, 0.3) is 0 Å². The summed E-state index contributed by atoms with van der Waals surface area (Å²) in [5, 5.41) is 0. The summed E-state index contributed by atoms with van der Waals surface area (Å²) in [6, 6.07) is 0.349. The number of methoxy groups -OCH3 is 1. The summed E-state index contributed by atoms with van der Waals surface area (Å²) in [5.41, 5.74) is 6.26. The molecule has 2 nitrogen and oxygen atoms in total. The van der Waals surface area contributed by atoms with E-state index in [1.807, 2.05) is 7.11 Å². The van der Waals surface area contributed by atoms with E-state index in [0.717, 1.165) is 6.42 Å². The molecule has 0 amide bonds. The molecule has 1 unspecified atom stereocenters. The van der Waals surface area contributed by atoms with Crippen molar-refractivity contribution in [3.63, 3.8) is 0 Å². The van der Waals surface area contributed by atoms with Crippen molar-refractivity contribution in [1.29, 1.82) is 0 Å². The first-order chi connectivity index (χ1) is 6.72. The lowest BCUT2D eigenvalue weighted by molar-refractivity contribution is -0.0818. The molecule has 2 N–H and O–H groups in total. The summed E-state index contributed by atoms with van der Waals surface area (Å²) in [7, 11) is 1.83. The topological polar surface area (TPSA) is 35.2 Å². The molecule has 0 radical (unpaired) electrons. The average Bonchev–Trinajstić information content (AvgIpc) is 2.12. The van der Waals surface area contributed by atoms with Gasteiger partial charge in [0.05, 0.1) is 5.60 Å². The summed E-state index contributed by atoms with van der Waals surface area (Å²) >= 11 is 0. The van der Waals surface area contributed by atoms with Gasteiger partial charge in [-0.25, -0.2) is 0 Å². The van der Waals surface area contributed by atoms with E-state index in [1.54, 1.807) is 0 Å². The second-order valence-electron chi connectivity index (χ2n) is 4.70. The number of ether oxygens (including phenoxy) is 1. The van der Waals surface area contributed by atoms with Crippen LogP contribution in [0.15, 0.2) is 0 Å². The first-order valence-electron chi connectivity index (χ1n) is 6.03. The number of rotatable bonds is 7. The second-order valence-corrected chi connectivity index (χ2v) is 4.70. The average molecular weight is 199 g/mol. The van der Waals surface area contributed by atoms with Gasteiger partial charge in [0.15, 0.2) is 0 Å². The van der Waals surface area contributed by atoms with Gasteiger partial charge in [-0.1, -0.05) is 26.2 Å². The fourth-order valence-corrected chi connectivity index (χ4v) is 2.30. The van der Waals surface area contributed by atoms with Crippen LogP contribution in [-0.2, 0) is 4.74 Å². The van der Waals surface area contributed by atoms with Crippen LogP contribution >= 0.6 is 0 Å². The van der Waals surface area contributed by atoms with Gasteiger partial charge in [0, 0.05) is 13.2 Å². The van der Waals surface area contributed by atoms with E-state index in [1.165, 1.54) is 44.9 Å². The maximum atomic E-state index is 6.11. The van der Waals surface area contributed by atoms with Crippen molar-refractivity contribution in [2.75, 3.05) is 7.11 Å². The Balaban J connectivity index is 2.15. The van der Waals surface area contributed by atoms with Crippen LogP contribution in [0.2, 0.25) is 0 Å². The third-order valence-electron chi connectivity index (χ3n) is 3.51. The quantitative estimate of drug-likeness (QED) is 0.640. The van der Waals surface area contributed by atoms with Crippen LogP contribution in [0, 0.1) is 0 Å². The van der Waals surface area contributed by atoms with Crippen LogP contribution in [0.3, 0.4) is 0 Å². The lowest BCUT2D eigenvalue weighted by Gasteiger charge is -2.42. The van der Waals surface area contributed by atoms with Gasteiger partial charge in [-0.3, -0.25) is 0 Å². The molecule has 0 aromatic carbocycles. The fraction of sp³-hybridized carbons (Fsp3) is 1.00. The van der Waals surface area contributed by atoms with Crippen molar-refractivity contribution in [2.24, 2.45) is 5.73 Å². The highest BCUT2D eigenvalue weighted by Crippen LogP contribution is 2.39. The Kier molecular flexibility index (Phi) is 4.90. The maximum absolute atomic E-state index is 6.11. The van der Waals surface area contributed by atoms with Gasteiger partial charge >= 0.3 is 0 Å². The minimum absolute atomic E-state index is 0.158. The first kappa shape index (κ1) is 12.0. The molecular formula is C12H25NO. The predicted octanol–water partition coefficient (Wildman–Crippen LogP) is 2.85. The minimum Gasteiger partial charge on any atom is -0.378 e. The van der Waals surface area contributed by atoms with E-state index in [0.29, 0.717) is 6.04 Å². The molecule has 0 aromatic heterocycles. The SMILES string of the molecule is CCCCCC(N)CC1(OC)CCC1. The molecule has 1 aliphatic rings. The highest BCUT2D eigenvalue weighted by atomic mass is 16.5. The van der Waals surface area contributed by atoms with Crippen LogP contribution in [0.5, 0.6) is 0 Å². The molecule has 0 bridgehead atoms. The smallest absolute Gasteiger partial charge is 0.0693 e. The second kappa shape index (κ2) is 5.72. The number of hydrogen-bond donors (Lipinski definition) is 1. The van der Waals surface area contributed by atoms with E-state index in [2.05, 4.69) is 6.92 Å². The molecule has 0 aromatic rings. The standard InChI is InChI=1S/C12H25NO/c1-3-4-5-7-11(13)10-12(14-2)8-6-9-12/h11H,3-10,13H2,1-2H3. The molecule has 0 heterocycles. The molecule has 1 saturated carbocycles. The summed E-state index contributed by atoms with van der Waals surface area (Å²) in [6.07, 6.45) is 9.84. The van der Waals surface area contributed by atoms with Crippen molar-refractivity contribution in [1.82, 2.24) is 0 Å². The summed E-state index contributed by atoms with van der Waals surface area (Å²) in [4.78, 5) is 0. The number of nitrogens with two attached hydrogens (primary N) is 1. The van der Waals surface area contributed by atoms with Crippen LogP contribution in [0.4, 0.5) is 0 Å². The van der Waals surface area contributed by atoms with Crippen molar-refractivity contribution < 1.29 is 4.74 Å². The van der Waals surface area contributed by atoms with E-state index < -0.39 is 0 Å². The lowest BCUT2D eigenvalue weighted by atomic mass is 9.75. The van der Waals surface area contributed by atoms with E-state index in [-0.39, 0.29) is 5.60 Å². The highest BCUT2D eigenvalue weighted by molar-refractivity contribution is 4.92. The molecule has 2 heteroatoms. The van der Waals surface area contributed by atoms with Gasteiger partial charge < -0.3 is 10.5 Å². The van der Waals surface area contributed by atoms with Gasteiger partial charge in [-0.2, -0.15) is 0 Å². The Morgan fingerprint density at radius 2 is 2.07 bits per heavy atom. The summed E-state index contributed by atoms with van der Waals surface area (Å²) < 4.78 is 5.57. The van der Waals surface area contributed by atoms with Gasteiger partial charge in [-0.05, 0) is 32.1 Å². The van der Waals surface area contributed by atoms with Gasteiger partial charge in [-0.15, -0.1) is 0 Å². The Morgan fingerprint density at radius 1 is 1.36 bits per heavy atom. The number of unbranched alkanes of at least 4 members (excludes halogenated alkanes) is 2. The molecular weight excluding hydrogens is 174 g/mol. The maximum Gasteiger partial charge on any atom is 0.0693 e. The molecule has 0 spiro atoms. The van der Waals surface area contributed by atoms with Crippen LogP contribution in [-0.4, -0.2) is 18.8 Å². The van der Waals surface area contributed by atoms with Gasteiger partial charge in [0.2, 0.25) is 0 Å². The lowest BCUT2D eigenvalue weighted by Crippen LogP contribution is -2.44. The third-order valence-corrected chi connectivity index (χ3v) is 3.51. The van der Waals surface area contributed by atoms with Gasteiger partial charge in [0.1, 0.15) is 0 Å². The fourth-order valence-electron chi connectivity index (χ4n) is 2.30. The molecule has 14 heavy (non-hydrogen) atoms. The molecule has 1 atom stereocenters. The van der Waals surface area contributed by atoms with Crippen molar-refractivity contribution in [3.8, 4) is 0 Å². The predicted molar refractivity (Wildman–Crippen MR) is 60.3 cm³/mol. The van der Waals surface area contributed by atoms with Crippen LogP contribution in [0.1, 0.15) is 58.3 Å². The van der Waals surface area contributed by atoms with E-state index >= 15 is 0 Å². The first-order valence-corrected chi connectivity index (χ1v) is 6.03. The zero-order chi connectivity index (χ0) is 10.4. The largest absolute Gasteiger partial charge is 0.378 e. The highest BCUT2D eigenvalue weighted by Gasteiger charge is 2.37. The molecule has 0 aliphatic heterocycles. The van der Waals surface area contributed by atoms with Crippen molar-refractivity contribution in [2.45, 2.75) is 69.9 Å². The van der Waals surface area contributed by atoms with Crippen LogP contribution < -0.4 is 5.73 Å². The molecule has 0 saturated heterocycles. The zero-order valence-electron chi connectivity index (χ0n) is 9.72. The number of hydrogen-bond acceptors (Lipinski definition) is 2. The molecule has 1 rings (SSSR count). The van der Waals surface area contributed by atoms with Crippen molar-refractivity contribution >= 4 is 0 Å². The normalized spacial score (nSPS) is 21.6. The Bertz CT molecular complexity index is 149. The summed E-state index contributed by atoms with van der Waals surface area (Å²) in [6.45, 7) is 2.23. The monoisotopic (exact) mass is 199 g/mol. The molecule has 1 aliphatic carbocycles. The van der Waals surface area contributed by atoms with Crippen LogP contribution in [0.25, 0.3) is 0 Å². The van der Waals surface area contributed by atoms with E-state index in [9.17, 15) is 0 Å². The Morgan fingerprint density at radius 3 is 2.50 bits per heavy atom. The zero-order valence-corrected chi connectivity index (χ0v) is 9.72. The molecule has 1 fully saturated rings. The summed E-state index contributed by atoms with van der Waals surface area (Å²) in [5.74, 6) is 0. The van der Waals surface area contributed by atoms with Crippen molar-refractivity contribution in [3.05, 3.63) is 0 Å². The molecule has 84 valence electrons. The minimum atomic E-state index is 0.158. The Labute approximate surface area is 88.2 Å². The third kappa shape index (κ3) is 3.25.